The molecule has 0 radical (unpaired) electrons. The standard InChI is InChI=1S/C9H12O2/c10-7-1-2-9(11)6-5-8-3-4-8/h5-8H,1-4H2. The highest BCUT2D eigenvalue weighted by atomic mass is 16.1. The summed E-state index contributed by atoms with van der Waals surface area (Å²) in [4.78, 5) is 20.8. The lowest BCUT2D eigenvalue weighted by Crippen LogP contribution is -1.92. The minimum absolute atomic E-state index is 0.0731. The third-order valence-electron chi connectivity index (χ3n) is 1.68. The first kappa shape index (κ1) is 8.18. The van der Waals surface area contributed by atoms with Crippen LogP contribution in [-0.4, -0.2) is 12.1 Å². The van der Waals surface area contributed by atoms with Gasteiger partial charge in [0, 0.05) is 12.8 Å². The van der Waals surface area contributed by atoms with E-state index in [1.165, 1.54) is 12.8 Å². The fraction of sp³-hybridized carbons (Fsp3) is 0.556. The van der Waals surface area contributed by atoms with E-state index in [-0.39, 0.29) is 5.78 Å². The molecule has 0 unspecified atom stereocenters. The predicted octanol–water partition coefficient (Wildman–Crippen LogP) is 1.50. The predicted molar refractivity (Wildman–Crippen MR) is 42.2 cm³/mol. The second kappa shape index (κ2) is 4.06. The summed E-state index contributed by atoms with van der Waals surface area (Å²) in [6.45, 7) is 0. The van der Waals surface area contributed by atoms with Crippen molar-refractivity contribution in [1.82, 2.24) is 0 Å². The van der Waals surface area contributed by atoms with Crippen LogP contribution in [0.2, 0.25) is 0 Å². The molecule has 1 saturated carbocycles. The maximum absolute atomic E-state index is 10.9. The normalized spacial score (nSPS) is 17.1. The van der Waals surface area contributed by atoms with Gasteiger partial charge in [0.15, 0.2) is 5.78 Å². The summed E-state index contributed by atoms with van der Waals surface area (Å²) in [5, 5.41) is 0. The van der Waals surface area contributed by atoms with E-state index >= 15 is 0 Å². The number of carbonyl (C=O) groups excluding carboxylic acids is 2. The van der Waals surface area contributed by atoms with Gasteiger partial charge in [-0.1, -0.05) is 6.08 Å². The van der Waals surface area contributed by atoms with Gasteiger partial charge in [0.1, 0.15) is 6.29 Å². The third kappa shape index (κ3) is 3.71. The van der Waals surface area contributed by atoms with Crippen LogP contribution in [0.25, 0.3) is 0 Å². The molecule has 1 fully saturated rings. The molecule has 11 heavy (non-hydrogen) atoms. The van der Waals surface area contributed by atoms with Crippen LogP contribution in [0, 0.1) is 5.92 Å². The van der Waals surface area contributed by atoms with E-state index in [9.17, 15) is 9.59 Å². The van der Waals surface area contributed by atoms with Crippen LogP contribution in [0.15, 0.2) is 12.2 Å². The number of rotatable bonds is 5. The maximum Gasteiger partial charge on any atom is 0.155 e. The molecule has 0 atom stereocenters. The molecule has 0 N–H and O–H groups in total. The van der Waals surface area contributed by atoms with Gasteiger partial charge in [-0.15, -0.1) is 0 Å². The Morgan fingerprint density at radius 1 is 1.45 bits per heavy atom. The van der Waals surface area contributed by atoms with Gasteiger partial charge in [0.2, 0.25) is 0 Å². The van der Waals surface area contributed by atoms with Crippen LogP contribution >= 0.6 is 0 Å². The van der Waals surface area contributed by atoms with Crippen molar-refractivity contribution in [3.05, 3.63) is 12.2 Å². The Balaban J connectivity index is 2.13. The van der Waals surface area contributed by atoms with E-state index in [1.54, 1.807) is 6.08 Å². The summed E-state index contributed by atoms with van der Waals surface area (Å²) in [7, 11) is 0. The van der Waals surface area contributed by atoms with Gasteiger partial charge in [-0.2, -0.15) is 0 Å². The fourth-order valence-electron chi connectivity index (χ4n) is 0.817. The molecule has 0 spiro atoms. The summed E-state index contributed by atoms with van der Waals surface area (Å²) in [5.74, 6) is 0.721. The van der Waals surface area contributed by atoms with Crippen molar-refractivity contribution in [2.45, 2.75) is 25.7 Å². The van der Waals surface area contributed by atoms with Crippen LogP contribution in [0.4, 0.5) is 0 Å². The zero-order valence-corrected chi connectivity index (χ0v) is 6.45. The van der Waals surface area contributed by atoms with E-state index < -0.39 is 0 Å². The van der Waals surface area contributed by atoms with E-state index in [1.807, 2.05) is 6.08 Å². The summed E-state index contributed by atoms with van der Waals surface area (Å²) in [6, 6.07) is 0. The smallest absolute Gasteiger partial charge is 0.155 e. The summed E-state index contributed by atoms with van der Waals surface area (Å²) in [5.41, 5.74) is 0. The topological polar surface area (TPSA) is 34.1 Å². The van der Waals surface area contributed by atoms with E-state index in [4.69, 9.17) is 0 Å². The molecular weight excluding hydrogens is 140 g/mol. The van der Waals surface area contributed by atoms with Crippen molar-refractivity contribution >= 4 is 12.1 Å². The highest BCUT2D eigenvalue weighted by Gasteiger charge is 2.17. The Hall–Kier alpha value is -0.920. The molecule has 0 aromatic carbocycles. The summed E-state index contributed by atoms with van der Waals surface area (Å²) >= 11 is 0. The molecule has 2 nitrogen and oxygen atoms in total. The molecule has 2 heteroatoms. The highest BCUT2D eigenvalue weighted by Crippen LogP contribution is 2.29. The zero-order chi connectivity index (χ0) is 8.10. The Morgan fingerprint density at radius 3 is 2.73 bits per heavy atom. The molecule has 0 aromatic heterocycles. The summed E-state index contributed by atoms with van der Waals surface area (Å²) < 4.78 is 0. The number of hydrogen-bond donors (Lipinski definition) is 0. The van der Waals surface area contributed by atoms with Gasteiger partial charge in [0.05, 0.1) is 0 Å². The van der Waals surface area contributed by atoms with Crippen molar-refractivity contribution in [1.29, 1.82) is 0 Å². The number of ketones is 1. The lowest BCUT2D eigenvalue weighted by atomic mass is 10.2. The first-order valence-corrected chi connectivity index (χ1v) is 3.97. The van der Waals surface area contributed by atoms with Gasteiger partial charge in [-0.3, -0.25) is 4.79 Å². The molecule has 1 rings (SSSR count). The Labute approximate surface area is 66.3 Å². The minimum Gasteiger partial charge on any atom is -0.303 e. The molecule has 0 saturated heterocycles. The number of hydrogen-bond acceptors (Lipinski definition) is 2. The van der Waals surface area contributed by atoms with Gasteiger partial charge < -0.3 is 4.79 Å². The quantitative estimate of drug-likeness (QED) is 0.442. The van der Waals surface area contributed by atoms with E-state index in [0.29, 0.717) is 18.8 Å². The summed E-state index contributed by atoms with van der Waals surface area (Å²) in [6.07, 6.45) is 7.51. The molecule has 0 aliphatic heterocycles. The van der Waals surface area contributed by atoms with Crippen LogP contribution in [0.3, 0.4) is 0 Å². The Morgan fingerprint density at radius 2 is 2.18 bits per heavy atom. The van der Waals surface area contributed by atoms with Crippen LogP contribution < -0.4 is 0 Å². The first-order valence-electron chi connectivity index (χ1n) is 3.97. The van der Waals surface area contributed by atoms with Crippen molar-refractivity contribution < 1.29 is 9.59 Å². The van der Waals surface area contributed by atoms with Crippen molar-refractivity contribution in [2.75, 3.05) is 0 Å². The molecule has 0 bridgehead atoms. The largest absolute Gasteiger partial charge is 0.303 e. The minimum atomic E-state index is 0.0731. The van der Waals surface area contributed by atoms with Crippen LogP contribution in [-0.2, 0) is 9.59 Å². The van der Waals surface area contributed by atoms with Gasteiger partial charge in [-0.25, -0.2) is 0 Å². The Bertz CT molecular complexity index is 178. The number of allylic oxidation sites excluding steroid dienone is 2. The van der Waals surface area contributed by atoms with Crippen LogP contribution in [0.5, 0.6) is 0 Å². The van der Waals surface area contributed by atoms with E-state index in [2.05, 4.69) is 0 Å². The SMILES string of the molecule is O=CCCC(=O)C=CC1CC1. The van der Waals surface area contributed by atoms with Gasteiger partial charge in [-0.05, 0) is 24.8 Å². The lowest BCUT2D eigenvalue weighted by molar-refractivity contribution is -0.116. The molecular formula is C9H12O2. The van der Waals surface area contributed by atoms with Crippen molar-refractivity contribution in [3.63, 3.8) is 0 Å². The lowest BCUT2D eigenvalue weighted by Gasteiger charge is -1.86. The third-order valence-corrected chi connectivity index (χ3v) is 1.68. The van der Waals surface area contributed by atoms with Crippen molar-refractivity contribution in [3.8, 4) is 0 Å². The highest BCUT2D eigenvalue weighted by molar-refractivity contribution is 5.90. The molecule has 1 aliphatic carbocycles. The molecule has 0 heterocycles. The molecule has 60 valence electrons. The maximum atomic E-state index is 10.9. The average molecular weight is 152 g/mol. The Kier molecular flexibility index (Phi) is 3.02. The molecule has 0 amide bonds. The van der Waals surface area contributed by atoms with E-state index in [0.717, 1.165) is 6.29 Å². The van der Waals surface area contributed by atoms with Gasteiger partial charge in [0.25, 0.3) is 0 Å². The second-order valence-electron chi connectivity index (χ2n) is 2.87. The van der Waals surface area contributed by atoms with Crippen LogP contribution in [0.1, 0.15) is 25.7 Å². The monoisotopic (exact) mass is 152 g/mol. The fourth-order valence-corrected chi connectivity index (χ4v) is 0.817. The zero-order valence-electron chi connectivity index (χ0n) is 6.45. The second-order valence-corrected chi connectivity index (χ2v) is 2.87. The average Bonchev–Trinajstić information content (AvgIpc) is 2.80. The van der Waals surface area contributed by atoms with Crippen molar-refractivity contribution in [2.24, 2.45) is 5.92 Å². The molecule has 1 aliphatic rings. The van der Waals surface area contributed by atoms with Gasteiger partial charge >= 0.3 is 0 Å². The molecule has 0 aromatic rings. The number of carbonyl (C=O) groups is 2. The first-order chi connectivity index (χ1) is 5.33. The number of aldehydes is 1.